The first-order valence-corrected chi connectivity index (χ1v) is 9.96. The molecular weight excluding hydrogens is 362 g/mol. The summed E-state index contributed by atoms with van der Waals surface area (Å²) in [4.78, 5) is 24.0. The van der Waals surface area contributed by atoms with E-state index in [0.717, 1.165) is 45.2 Å². The summed E-state index contributed by atoms with van der Waals surface area (Å²) in [6.45, 7) is 14.5. The zero-order chi connectivity index (χ0) is 21.3. The number of likely N-dealkylation sites (N-methyl/N-ethyl adjacent to an activating group) is 1. The number of hydrogen-bond acceptors (Lipinski definition) is 4. The number of rotatable bonds is 5. The molecule has 6 nitrogen and oxygen atoms in total. The Balaban J connectivity index is 1.93. The van der Waals surface area contributed by atoms with Gasteiger partial charge in [-0.05, 0) is 77.8 Å². The molecule has 152 valence electrons. The lowest BCUT2D eigenvalue weighted by Gasteiger charge is -2.22. The van der Waals surface area contributed by atoms with Crippen molar-refractivity contribution < 1.29 is 4.79 Å². The zero-order valence-electron chi connectivity index (χ0n) is 18.4. The van der Waals surface area contributed by atoms with Gasteiger partial charge < -0.3 is 4.90 Å². The molecule has 2 aromatic heterocycles. The van der Waals surface area contributed by atoms with Crippen LogP contribution in [0.15, 0.2) is 24.3 Å². The average molecular weight is 392 g/mol. The van der Waals surface area contributed by atoms with Crippen molar-refractivity contribution in [1.82, 2.24) is 19.7 Å². The Morgan fingerprint density at radius 2 is 1.52 bits per heavy atom. The highest BCUT2D eigenvalue weighted by Gasteiger charge is 2.21. The summed E-state index contributed by atoms with van der Waals surface area (Å²) in [5, 5.41) is 4.62. The van der Waals surface area contributed by atoms with Crippen LogP contribution in [0.3, 0.4) is 0 Å². The summed E-state index contributed by atoms with van der Waals surface area (Å²) in [7, 11) is 0. The normalized spacial score (nSPS) is 11.0. The van der Waals surface area contributed by atoms with Gasteiger partial charge in [0, 0.05) is 34.9 Å². The van der Waals surface area contributed by atoms with Crippen LogP contribution < -0.4 is 4.90 Å². The van der Waals surface area contributed by atoms with Crippen LogP contribution in [-0.2, 0) is 11.2 Å². The van der Waals surface area contributed by atoms with Crippen LogP contribution in [0.4, 0.5) is 5.69 Å². The van der Waals surface area contributed by atoms with Crippen molar-refractivity contribution in [2.24, 2.45) is 0 Å². The molecule has 2 heterocycles. The molecule has 3 aromatic rings. The molecule has 0 fully saturated rings. The van der Waals surface area contributed by atoms with Gasteiger partial charge in [-0.2, -0.15) is 5.10 Å². The molecule has 29 heavy (non-hydrogen) atoms. The lowest BCUT2D eigenvalue weighted by Crippen LogP contribution is -2.32. The van der Waals surface area contributed by atoms with Crippen molar-refractivity contribution in [2.45, 2.75) is 54.9 Å². The number of hydrogen-bond donors (Lipinski definition) is 0. The van der Waals surface area contributed by atoms with Crippen molar-refractivity contribution in [3.8, 4) is 5.95 Å². The van der Waals surface area contributed by atoms with Gasteiger partial charge in [0.1, 0.15) is 0 Å². The molecule has 0 aliphatic carbocycles. The minimum absolute atomic E-state index is 0.0598. The molecule has 0 atom stereocenters. The zero-order valence-corrected chi connectivity index (χ0v) is 18.4. The van der Waals surface area contributed by atoms with Gasteiger partial charge in [0.15, 0.2) is 0 Å². The van der Waals surface area contributed by atoms with E-state index >= 15 is 0 Å². The second kappa shape index (κ2) is 8.15. The smallest absolute Gasteiger partial charge is 0.251 e. The molecule has 1 aromatic carbocycles. The topological polar surface area (TPSA) is 63.9 Å². The standard InChI is InChI=1S/C23H29N5O/c1-8-27(20-10-14(2)9-15(3)11-20)22(29)13-21-18(6)26-28(19(21)7)23-24-16(4)12-17(5)25-23/h9-12H,8,13H2,1-7H3. The minimum atomic E-state index is 0.0598. The first-order valence-electron chi connectivity index (χ1n) is 9.96. The van der Waals surface area contributed by atoms with E-state index in [9.17, 15) is 4.79 Å². The Kier molecular flexibility index (Phi) is 5.82. The highest BCUT2D eigenvalue weighted by Crippen LogP contribution is 2.22. The summed E-state index contributed by atoms with van der Waals surface area (Å²) in [5.74, 6) is 0.605. The van der Waals surface area contributed by atoms with Crippen molar-refractivity contribution in [2.75, 3.05) is 11.4 Å². The lowest BCUT2D eigenvalue weighted by molar-refractivity contribution is -0.117. The molecule has 0 bridgehead atoms. The third kappa shape index (κ3) is 4.36. The van der Waals surface area contributed by atoms with Crippen LogP contribution in [0.1, 0.15) is 46.4 Å². The fourth-order valence-corrected chi connectivity index (χ4v) is 3.78. The molecule has 0 unspecified atom stereocenters. The second-order valence-electron chi connectivity index (χ2n) is 7.67. The van der Waals surface area contributed by atoms with E-state index in [0.29, 0.717) is 18.9 Å². The number of benzene rings is 1. The average Bonchev–Trinajstić information content (AvgIpc) is 2.89. The highest BCUT2D eigenvalue weighted by molar-refractivity contribution is 5.95. The third-order valence-electron chi connectivity index (χ3n) is 5.06. The number of anilines is 1. The van der Waals surface area contributed by atoms with Gasteiger partial charge in [-0.3, -0.25) is 4.79 Å². The molecule has 6 heteroatoms. The van der Waals surface area contributed by atoms with Gasteiger partial charge >= 0.3 is 0 Å². The van der Waals surface area contributed by atoms with Crippen molar-refractivity contribution in [3.05, 3.63) is 63.7 Å². The maximum absolute atomic E-state index is 13.2. The predicted octanol–water partition coefficient (Wildman–Crippen LogP) is 4.11. The lowest BCUT2D eigenvalue weighted by atomic mass is 10.1. The van der Waals surface area contributed by atoms with Gasteiger partial charge in [-0.1, -0.05) is 6.07 Å². The predicted molar refractivity (Wildman–Crippen MR) is 116 cm³/mol. The number of nitrogens with zero attached hydrogens (tertiary/aromatic N) is 5. The quantitative estimate of drug-likeness (QED) is 0.657. The van der Waals surface area contributed by atoms with Crippen molar-refractivity contribution >= 4 is 11.6 Å². The van der Waals surface area contributed by atoms with Gasteiger partial charge in [0.25, 0.3) is 5.95 Å². The van der Waals surface area contributed by atoms with E-state index in [1.165, 1.54) is 0 Å². The summed E-state index contributed by atoms with van der Waals surface area (Å²) >= 11 is 0. The van der Waals surface area contributed by atoms with Crippen LogP contribution >= 0.6 is 0 Å². The second-order valence-corrected chi connectivity index (χ2v) is 7.67. The largest absolute Gasteiger partial charge is 0.312 e. The molecule has 1 amide bonds. The van der Waals surface area contributed by atoms with Crippen LogP contribution in [0, 0.1) is 41.5 Å². The molecular formula is C23H29N5O. The van der Waals surface area contributed by atoms with E-state index < -0.39 is 0 Å². The van der Waals surface area contributed by atoms with E-state index in [4.69, 9.17) is 0 Å². The minimum Gasteiger partial charge on any atom is -0.312 e. The van der Waals surface area contributed by atoms with Crippen LogP contribution in [-0.4, -0.2) is 32.2 Å². The summed E-state index contributed by atoms with van der Waals surface area (Å²) in [6.07, 6.45) is 0.295. The summed E-state index contributed by atoms with van der Waals surface area (Å²) < 4.78 is 1.74. The SMILES string of the molecule is CCN(C(=O)Cc1c(C)nn(-c2nc(C)cc(C)n2)c1C)c1cc(C)cc(C)c1. The molecule has 0 saturated carbocycles. The maximum Gasteiger partial charge on any atom is 0.251 e. The fourth-order valence-electron chi connectivity index (χ4n) is 3.78. The maximum atomic E-state index is 13.2. The first-order chi connectivity index (χ1) is 13.7. The Bertz CT molecular complexity index is 1030. The molecule has 0 radical (unpaired) electrons. The summed E-state index contributed by atoms with van der Waals surface area (Å²) in [6, 6.07) is 8.16. The Hall–Kier alpha value is -3.02. The van der Waals surface area contributed by atoms with Crippen LogP contribution in [0.25, 0.3) is 5.95 Å². The molecule has 0 aliphatic rings. The number of aromatic nitrogens is 4. The Morgan fingerprint density at radius 1 is 0.931 bits per heavy atom. The first kappa shape index (κ1) is 20.7. The van der Waals surface area contributed by atoms with Gasteiger partial charge in [0.2, 0.25) is 5.91 Å². The number of carbonyl (C=O) groups is 1. The molecule has 3 rings (SSSR count). The third-order valence-corrected chi connectivity index (χ3v) is 5.06. The fraction of sp³-hybridized carbons (Fsp3) is 0.391. The van der Waals surface area contributed by atoms with Crippen molar-refractivity contribution in [1.29, 1.82) is 0 Å². The Labute approximate surface area is 172 Å². The molecule has 0 spiro atoms. The van der Waals surface area contributed by atoms with Gasteiger partial charge in [-0.15, -0.1) is 0 Å². The van der Waals surface area contributed by atoms with E-state index in [1.807, 2.05) is 45.6 Å². The van der Waals surface area contributed by atoms with Gasteiger partial charge in [0.05, 0.1) is 12.1 Å². The van der Waals surface area contributed by atoms with Crippen LogP contribution in [0.5, 0.6) is 0 Å². The van der Waals surface area contributed by atoms with E-state index in [1.54, 1.807) is 4.68 Å². The van der Waals surface area contributed by atoms with E-state index in [2.05, 4.69) is 47.1 Å². The van der Waals surface area contributed by atoms with Crippen LogP contribution in [0.2, 0.25) is 0 Å². The van der Waals surface area contributed by atoms with Crippen molar-refractivity contribution in [3.63, 3.8) is 0 Å². The van der Waals surface area contributed by atoms with E-state index in [-0.39, 0.29) is 5.91 Å². The highest BCUT2D eigenvalue weighted by atomic mass is 16.2. The molecule has 0 aliphatic heterocycles. The molecule has 0 N–H and O–H groups in total. The Morgan fingerprint density at radius 3 is 2.07 bits per heavy atom. The number of carbonyl (C=O) groups excluding carboxylic acids is 1. The summed E-state index contributed by atoms with van der Waals surface area (Å²) in [5.41, 5.74) is 7.69. The van der Waals surface area contributed by atoms with Gasteiger partial charge in [-0.25, -0.2) is 14.6 Å². The monoisotopic (exact) mass is 391 g/mol. The molecule has 0 saturated heterocycles. The number of aryl methyl sites for hydroxylation is 5. The number of amides is 1.